The van der Waals surface area contributed by atoms with Gasteiger partial charge in [0.25, 0.3) is 5.91 Å². The fourth-order valence-corrected chi connectivity index (χ4v) is 4.74. The summed E-state index contributed by atoms with van der Waals surface area (Å²) in [5.41, 5.74) is 0.874. The predicted octanol–water partition coefficient (Wildman–Crippen LogP) is 2.74. The van der Waals surface area contributed by atoms with Crippen LogP contribution < -0.4 is 0 Å². The molecule has 1 N–H and O–H groups in total. The van der Waals surface area contributed by atoms with Gasteiger partial charge in [0.15, 0.2) is 0 Å². The quantitative estimate of drug-likeness (QED) is 0.614. The average molecular weight is 405 g/mol. The molecule has 6 nitrogen and oxygen atoms in total. The molecule has 0 aliphatic carbocycles. The Hall–Kier alpha value is -2.19. The van der Waals surface area contributed by atoms with Gasteiger partial charge in [0, 0.05) is 6.54 Å². The highest BCUT2D eigenvalue weighted by Gasteiger charge is 2.42. The van der Waals surface area contributed by atoms with E-state index >= 15 is 0 Å². The SMILES string of the molecule is C[C@H](C(=O)N1CCCC[C@@H]1C(=O)O)N1C(=O)/C(=C/c2ccccc2)SC1=S. The molecule has 2 heterocycles. The summed E-state index contributed by atoms with van der Waals surface area (Å²) in [6.07, 6.45) is 3.71. The number of hydrogen-bond donors (Lipinski definition) is 1. The molecule has 0 radical (unpaired) electrons. The number of piperidine rings is 1. The molecular formula is C19H20N2O4S2. The molecule has 0 saturated carbocycles. The predicted molar refractivity (Wildman–Crippen MR) is 108 cm³/mol. The number of hydrogen-bond acceptors (Lipinski definition) is 5. The number of carbonyl (C=O) groups excluding carboxylic acids is 2. The van der Waals surface area contributed by atoms with E-state index in [1.807, 2.05) is 30.3 Å². The highest BCUT2D eigenvalue weighted by atomic mass is 32.2. The van der Waals surface area contributed by atoms with Gasteiger partial charge in [-0.2, -0.15) is 0 Å². The summed E-state index contributed by atoms with van der Waals surface area (Å²) in [6.45, 7) is 1.99. The van der Waals surface area contributed by atoms with E-state index < -0.39 is 18.1 Å². The summed E-state index contributed by atoms with van der Waals surface area (Å²) >= 11 is 6.49. The molecule has 142 valence electrons. The number of benzene rings is 1. The van der Waals surface area contributed by atoms with Gasteiger partial charge in [0.05, 0.1) is 4.91 Å². The Labute approximate surface area is 167 Å². The summed E-state index contributed by atoms with van der Waals surface area (Å²) in [5.74, 6) is -1.71. The van der Waals surface area contributed by atoms with Crippen LogP contribution in [0.25, 0.3) is 6.08 Å². The molecule has 2 amide bonds. The Kier molecular flexibility index (Phi) is 5.96. The van der Waals surface area contributed by atoms with Crippen molar-refractivity contribution in [1.82, 2.24) is 9.80 Å². The van der Waals surface area contributed by atoms with E-state index in [4.69, 9.17) is 12.2 Å². The Bertz CT molecular complexity index is 809. The molecule has 8 heteroatoms. The zero-order chi connectivity index (χ0) is 19.6. The first kappa shape index (κ1) is 19.6. The minimum absolute atomic E-state index is 0.312. The Morgan fingerprint density at radius 3 is 2.67 bits per heavy atom. The summed E-state index contributed by atoms with van der Waals surface area (Å²) in [7, 11) is 0. The van der Waals surface area contributed by atoms with Crippen LogP contribution in [0.1, 0.15) is 31.7 Å². The lowest BCUT2D eigenvalue weighted by Crippen LogP contribution is -2.55. The zero-order valence-corrected chi connectivity index (χ0v) is 16.5. The van der Waals surface area contributed by atoms with Crippen LogP contribution >= 0.6 is 24.0 Å². The van der Waals surface area contributed by atoms with Crippen LogP contribution in [0.2, 0.25) is 0 Å². The van der Waals surface area contributed by atoms with Gasteiger partial charge >= 0.3 is 5.97 Å². The van der Waals surface area contributed by atoms with Crippen molar-refractivity contribution in [3.05, 3.63) is 40.8 Å². The van der Waals surface area contributed by atoms with Crippen LogP contribution in [0.5, 0.6) is 0 Å². The van der Waals surface area contributed by atoms with Gasteiger partial charge in [0.1, 0.15) is 16.4 Å². The maximum absolute atomic E-state index is 12.9. The molecule has 2 atom stereocenters. The van der Waals surface area contributed by atoms with E-state index in [1.54, 1.807) is 13.0 Å². The van der Waals surface area contributed by atoms with E-state index in [0.29, 0.717) is 22.2 Å². The first-order chi connectivity index (χ1) is 12.9. The second-order valence-corrected chi connectivity index (χ2v) is 8.20. The monoisotopic (exact) mass is 404 g/mol. The van der Waals surface area contributed by atoms with Crippen LogP contribution in [0, 0.1) is 0 Å². The van der Waals surface area contributed by atoms with Crippen molar-refractivity contribution in [1.29, 1.82) is 0 Å². The number of thioether (sulfide) groups is 1. The van der Waals surface area contributed by atoms with E-state index in [2.05, 4.69) is 0 Å². The van der Waals surface area contributed by atoms with Gasteiger partial charge in [-0.15, -0.1) is 0 Å². The number of nitrogens with zero attached hydrogens (tertiary/aromatic N) is 2. The lowest BCUT2D eigenvalue weighted by atomic mass is 10.0. The van der Waals surface area contributed by atoms with Crippen molar-refractivity contribution in [2.75, 3.05) is 6.54 Å². The summed E-state index contributed by atoms with van der Waals surface area (Å²) in [5, 5.41) is 9.40. The fourth-order valence-electron chi connectivity index (χ4n) is 3.32. The molecule has 3 rings (SSSR count). The number of likely N-dealkylation sites (tertiary alicyclic amines) is 1. The molecule has 2 fully saturated rings. The zero-order valence-electron chi connectivity index (χ0n) is 14.8. The number of carboxylic acid groups (broad SMARTS) is 1. The fraction of sp³-hybridized carbons (Fsp3) is 0.368. The molecule has 2 aliphatic rings. The average Bonchev–Trinajstić information content (AvgIpc) is 2.94. The molecular weight excluding hydrogens is 384 g/mol. The van der Waals surface area contributed by atoms with Crippen molar-refractivity contribution in [2.24, 2.45) is 0 Å². The van der Waals surface area contributed by atoms with E-state index in [-0.39, 0.29) is 11.8 Å². The largest absolute Gasteiger partial charge is 0.480 e. The lowest BCUT2D eigenvalue weighted by Gasteiger charge is -2.36. The normalized spacial score (nSPS) is 23.0. The van der Waals surface area contributed by atoms with Gasteiger partial charge in [-0.1, -0.05) is 54.3 Å². The third kappa shape index (κ3) is 4.06. The molecule has 27 heavy (non-hydrogen) atoms. The minimum atomic E-state index is -1.01. The summed E-state index contributed by atoms with van der Waals surface area (Å²) in [6, 6.07) is 7.73. The smallest absolute Gasteiger partial charge is 0.326 e. The highest BCUT2D eigenvalue weighted by molar-refractivity contribution is 8.26. The van der Waals surface area contributed by atoms with Crippen molar-refractivity contribution >= 4 is 52.2 Å². The Balaban J connectivity index is 1.79. The molecule has 0 aromatic heterocycles. The number of thiocarbonyl (C=S) groups is 1. The number of carbonyl (C=O) groups is 3. The molecule has 2 saturated heterocycles. The van der Waals surface area contributed by atoms with Crippen molar-refractivity contribution < 1.29 is 19.5 Å². The Morgan fingerprint density at radius 2 is 2.00 bits per heavy atom. The molecule has 1 aromatic carbocycles. The third-order valence-electron chi connectivity index (χ3n) is 4.74. The standard InChI is InChI=1S/C19H20N2O4S2/c1-12(16(22)20-10-6-5-9-14(20)18(24)25)21-17(23)15(27-19(21)26)11-13-7-3-2-4-8-13/h2-4,7-8,11-12,14H,5-6,9-10H2,1H3,(H,24,25)/b15-11-/t12-,14-/m1/s1. The van der Waals surface area contributed by atoms with Crippen molar-refractivity contribution in [3.8, 4) is 0 Å². The number of carboxylic acids is 1. The van der Waals surface area contributed by atoms with Gasteiger partial charge in [-0.3, -0.25) is 14.5 Å². The minimum Gasteiger partial charge on any atom is -0.480 e. The first-order valence-corrected chi connectivity index (χ1v) is 9.98. The number of aliphatic carboxylic acids is 1. The maximum Gasteiger partial charge on any atom is 0.326 e. The lowest BCUT2D eigenvalue weighted by molar-refractivity contribution is -0.154. The van der Waals surface area contributed by atoms with Gasteiger partial charge < -0.3 is 10.0 Å². The maximum atomic E-state index is 12.9. The molecule has 1 aromatic rings. The summed E-state index contributed by atoms with van der Waals surface area (Å²) in [4.78, 5) is 40.4. The number of rotatable bonds is 4. The van der Waals surface area contributed by atoms with Crippen molar-refractivity contribution in [2.45, 2.75) is 38.3 Å². The number of amides is 2. The van der Waals surface area contributed by atoms with E-state index in [0.717, 1.165) is 30.2 Å². The molecule has 0 spiro atoms. The van der Waals surface area contributed by atoms with Crippen molar-refractivity contribution in [3.63, 3.8) is 0 Å². The topological polar surface area (TPSA) is 77.9 Å². The van der Waals surface area contributed by atoms with Gasteiger partial charge in [-0.05, 0) is 37.8 Å². The first-order valence-electron chi connectivity index (χ1n) is 8.75. The van der Waals surface area contributed by atoms with Gasteiger partial charge in [-0.25, -0.2) is 4.79 Å². The third-order valence-corrected chi connectivity index (χ3v) is 6.07. The molecule has 0 bridgehead atoms. The summed E-state index contributed by atoms with van der Waals surface area (Å²) < 4.78 is 0.312. The van der Waals surface area contributed by atoms with E-state index in [9.17, 15) is 19.5 Å². The highest BCUT2D eigenvalue weighted by Crippen LogP contribution is 2.34. The van der Waals surface area contributed by atoms with Gasteiger partial charge in [0.2, 0.25) is 5.91 Å². The second kappa shape index (κ2) is 8.22. The van der Waals surface area contributed by atoms with E-state index in [1.165, 1.54) is 9.80 Å². The second-order valence-electron chi connectivity index (χ2n) is 6.52. The molecule has 2 aliphatic heterocycles. The molecule has 0 unspecified atom stereocenters. The van der Waals surface area contributed by atoms with Crippen LogP contribution in [0.3, 0.4) is 0 Å². The van der Waals surface area contributed by atoms with Crippen LogP contribution in [-0.4, -0.2) is 55.6 Å². The Morgan fingerprint density at radius 1 is 1.30 bits per heavy atom. The van der Waals surface area contributed by atoms with Crippen LogP contribution in [0.15, 0.2) is 35.2 Å². The van der Waals surface area contributed by atoms with Crippen LogP contribution in [0.4, 0.5) is 0 Å². The van der Waals surface area contributed by atoms with Crippen LogP contribution in [-0.2, 0) is 14.4 Å².